The highest BCUT2D eigenvalue weighted by Gasteiger charge is 2.14. The minimum atomic E-state index is 0.00843. The first-order valence-corrected chi connectivity index (χ1v) is 7.10. The maximum atomic E-state index is 11.9. The van der Waals surface area contributed by atoms with Gasteiger partial charge in [0.05, 0.1) is 11.9 Å². The van der Waals surface area contributed by atoms with E-state index < -0.39 is 0 Å². The molecule has 18 heavy (non-hydrogen) atoms. The first-order valence-electron chi connectivity index (χ1n) is 7.10. The van der Waals surface area contributed by atoms with Gasteiger partial charge in [-0.3, -0.25) is 4.79 Å². The van der Waals surface area contributed by atoms with E-state index in [1.807, 2.05) is 0 Å². The average molecular weight is 249 g/mol. The summed E-state index contributed by atoms with van der Waals surface area (Å²) in [7, 11) is 0. The van der Waals surface area contributed by atoms with Crippen molar-refractivity contribution in [1.29, 1.82) is 0 Å². The van der Waals surface area contributed by atoms with Crippen molar-refractivity contribution in [3.05, 3.63) is 22.6 Å². The molecule has 1 aliphatic rings. The van der Waals surface area contributed by atoms with Crippen LogP contribution in [0.5, 0.6) is 0 Å². The number of nitrogens with zero attached hydrogens (tertiary/aromatic N) is 2. The Hall–Kier alpha value is -1.32. The number of anilines is 1. The Morgan fingerprint density at radius 1 is 1.44 bits per heavy atom. The highest BCUT2D eigenvalue weighted by molar-refractivity contribution is 5.38. The summed E-state index contributed by atoms with van der Waals surface area (Å²) >= 11 is 0. The van der Waals surface area contributed by atoms with Crippen molar-refractivity contribution < 1.29 is 0 Å². The number of hydrogen-bond donors (Lipinski definition) is 1. The van der Waals surface area contributed by atoms with Crippen LogP contribution in [0, 0.1) is 5.92 Å². The molecule has 1 aliphatic carbocycles. The standard InChI is InChI=1S/C14H23N3O/c1-2-8-15-13-10-14(18)17(16-11-13)9-7-12-5-3-4-6-12/h10-12,15H,2-9H2,1H3. The minimum Gasteiger partial charge on any atom is -0.384 e. The van der Waals surface area contributed by atoms with E-state index in [2.05, 4.69) is 17.3 Å². The number of rotatable bonds is 6. The Kier molecular flexibility index (Phi) is 4.79. The van der Waals surface area contributed by atoms with E-state index in [1.54, 1.807) is 16.9 Å². The molecule has 100 valence electrons. The lowest BCUT2D eigenvalue weighted by Gasteiger charge is -2.10. The summed E-state index contributed by atoms with van der Waals surface area (Å²) in [4.78, 5) is 11.9. The molecule has 1 aromatic heterocycles. The molecule has 0 saturated heterocycles. The minimum absolute atomic E-state index is 0.00843. The normalized spacial score (nSPS) is 16.1. The van der Waals surface area contributed by atoms with Crippen LogP contribution in [0.4, 0.5) is 5.69 Å². The summed E-state index contributed by atoms with van der Waals surface area (Å²) in [6, 6.07) is 1.65. The van der Waals surface area contributed by atoms with Crippen molar-refractivity contribution >= 4 is 5.69 Å². The molecular weight excluding hydrogens is 226 g/mol. The topological polar surface area (TPSA) is 46.9 Å². The van der Waals surface area contributed by atoms with Gasteiger partial charge in [0.25, 0.3) is 5.56 Å². The number of nitrogens with one attached hydrogen (secondary N) is 1. The highest BCUT2D eigenvalue weighted by Crippen LogP contribution is 2.27. The van der Waals surface area contributed by atoms with Gasteiger partial charge in [0.15, 0.2) is 0 Å². The third-order valence-electron chi connectivity index (χ3n) is 3.67. The molecule has 1 aromatic rings. The fourth-order valence-corrected chi connectivity index (χ4v) is 2.57. The number of aromatic nitrogens is 2. The molecule has 0 amide bonds. The first kappa shape index (κ1) is 13.1. The number of aryl methyl sites for hydroxylation is 1. The second kappa shape index (κ2) is 6.57. The Bertz CT molecular complexity index is 421. The Morgan fingerprint density at radius 3 is 2.89 bits per heavy atom. The lowest BCUT2D eigenvalue weighted by atomic mass is 10.0. The molecule has 0 spiro atoms. The largest absolute Gasteiger partial charge is 0.384 e. The Labute approximate surface area is 108 Å². The molecule has 0 aromatic carbocycles. The van der Waals surface area contributed by atoms with Crippen LogP contribution in [0.15, 0.2) is 17.1 Å². The van der Waals surface area contributed by atoms with Crippen LogP contribution >= 0.6 is 0 Å². The van der Waals surface area contributed by atoms with E-state index in [0.717, 1.165) is 37.5 Å². The van der Waals surface area contributed by atoms with Gasteiger partial charge < -0.3 is 5.32 Å². The average Bonchev–Trinajstić information content (AvgIpc) is 2.88. The molecule has 0 radical (unpaired) electrons. The van der Waals surface area contributed by atoms with Crippen LogP contribution in [0.25, 0.3) is 0 Å². The smallest absolute Gasteiger partial charge is 0.268 e. The molecule has 0 unspecified atom stereocenters. The third kappa shape index (κ3) is 3.59. The third-order valence-corrected chi connectivity index (χ3v) is 3.67. The second-order valence-corrected chi connectivity index (χ2v) is 5.17. The van der Waals surface area contributed by atoms with Gasteiger partial charge in [0, 0.05) is 19.2 Å². The molecule has 4 heteroatoms. The van der Waals surface area contributed by atoms with E-state index in [-0.39, 0.29) is 5.56 Å². The first-order chi connectivity index (χ1) is 8.79. The van der Waals surface area contributed by atoms with Crippen LogP contribution in [-0.4, -0.2) is 16.3 Å². The Morgan fingerprint density at radius 2 is 2.22 bits per heavy atom. The van der Waals surface area contributed by atoms with Crippen LogP contribution < -0.4 is 10.9 Å². The summed E-state index contributed by atoms with van der Waals surface area (Å²) in [6.45, 7) is 3.74. The molecule has 2 rings (SSSR count). The monoisotopic (exact) mass is 249 g/mol. The van der Waals surface area contributed by atoms with Gasteiger partial charge in [0.1, 0.15) is 0 Å². The van der Waals surface area contributed by atoms with Crippen LogP contribution in [0.2, 0.25) is 0 Å². The fourth-order valence-electron chi connectivity index (χ4n) is 2.57. The van der Waals surface area contributed by atoms with Gasteiger partial charge in [-0.15, -0.1) is 0 Å². The molecule has 1 heterocycles. The summed E-state index contributed by atoms with van der Waals surface area (Å²) in [6.07, 6.45) is 9.25. The molecule has 1 saturated carbocycles. The Balaban J connectivity index is 1.90. The summed E-state index contributed by atoms with van der Waals surface area (Å²) < 4.78 is 1.59. The van der Waals surface area contributed by atoms with E-state index in [9.17, 15) is 4.79 Å². The molecule has 1 fully saturated rings. The van der Waals surface area contributed by atoms with Gasteiger partial charge in [-0.25, -0.2) is 4.68 Å². The van der Waals surface area contributed by atoms with Crippen LogP contribution in [-0.2, 0) is 6.54 Å². The van der Waals surface area contributed by atoms with Gasteiger partial charge in [-0.05, 0) is 18.8 Å². The number of hydrogen-bond acceptors (Lipinski definition) is 3. The molecule has 0 bridgehead atoms. The highest BCUT2D eigenvalue weighted by atomic mass is 16.1. The molecular formula is C14H23N3O. The second-order valence-electron chi connectivity index (χ2n) is 5.17. The van der Waals surface area contributed by atoms with Gasteiger partial charge in [-0.1, -0.05) is 32.6 Å². The lowest BCUT2D eigenvalue weighted by molar-refractivity contribution is 0.429. The quantitative estimate of drug-likeness (QED) is 0.843. The van der Waals surface area contributed by atoms with Gasteiger partial charge in [-0.2, -0.15) is 5.10 Å². The van der Waals surface area contributed by atoms with E-state index in [4.69, 9.17) is 0 Å². The zero-order chi connectivity index (χ0) is 12.8. The summed E-state index contributed by atoms with van der Waals surface area (Å²) in [5.74, 6) is 0.802. The zero-order valence-electron chi connectivity index (χ0n) is 11.2. The summed E-state index contributed by atoms with van der Waals surface area (Å²) in [5.41, 5.74) is 0.841. The van der Waals surface area contributed by atoms with E-state index in [0.29, 0.717) is 0 Å². The van der Waals surface area contributed by atoms with Crippen LogP contribution in [0.3, 0.4) is 0 Å². The zero-order valence-corrected chi connectivity index (χ0v) is 11.2. The van der Waals surface area contributed by atoms with Crippen LogP contribution in [0.1, 0.15) is 45.4 Å². The SMILES string of the molecule is CCCNc1cnn(CCC2CCCC2)c(=O)c1. The fraction of sp³-hybridized carbons (Fsp3) is 0.714. The van der Waals surface area contributed by atoms with Crippen molar-refractivity contribution in [2.45, 2.75) is 52.0 Å². The molecule has 1 N–H and O–H groups in total. The van der Waals surface area contributed by atoms with E-state index >= 15 is 0 Å². The van der Waals surface area contributed by atoms with Crippen molar-refractivity contribution in [1.82, 2.24) is 9.78 Å². The maximum Gasteiger partial charge on any atom is 0.268 e. The molecule has 0 aliphatic heterocycles. The molecule has 0 atom stereocenters. The summed E-state index contributed by atoms with van der Waals surface area (Å²) in [5, 5.41) is 7.42. The molecule has 4 nitrogen and oxygen atoms in total. The van der Waals surface area contributed by atoms with Crippen molar-refractivity contribution in [3.8, 4) is 0 Å². The van der Waals surface area contributed by atoms with Gasteiger partial charge >= 0.3 is 0 Å². The van der Waals surface area contributed by atoms with Gasteiger partial charge in [0.2, 0.25) is 0 Å². The predicted molar refractivity (Wildman–Crippen MR) is 73.9 cm³/mol. The van der Waals surface area contributed by atoms with Crippen molar-refractivity contribution in [3.63, 3.8) is 0 Å². The van der Waals surface area contributed by atoms with Crippen molar-refractivity contribution in [2.24, 2.45) is 5.92 Å². The van der Waals surface area contributed by atoms with E-state index in [1.165, 1.54) is 25.7 Å². The van der Waals surface area contributed by atoms with Crippen molar-refractivity contribution in [2.75, 3.05) is 11.9 Å². The maximum absolute atomic E-state index is 11.9. The lowest BCUT2D eigenvalue weighted by Crippen LogP contribution is -2.23. The predicted octanol–water partition coefficient (Wildman–Crippen LogP) is 2.65.